The van der Waals surface area contributed by atoms with Gasteiger partial charge in [-0.1, -0.05) is 97.1 Å². The zero-order valence-corrected chi connectivity index (χ0v) is 14.3. The molecule has 0 fully saturated rings. The zero-order valence-electron chi connectivity index (χ0n) is 14.3. The van der Waals surface area contributed by atoms with E-state index in [9.17, 15) is 5.11 Å². The largest absolute Gasteiger partial charge is 0.507 e. The molecular weight excluding hydrogens is 316 g/mol. The number of aromatic hydroxyl groups is 1. The number of hydrogen-bond acceptors (Lipinski definition) is 1. The average Bonchev–Trinajstić information content (AvgIpc) is 3.02. The molecule has 0 saturated carbocycles. The number of hydrogen-bond donors (Lipinski definition) is 1. The molecule has 1 aliphatic rings. The fraction of sp³-hybridized carbons (Fsp3) is 0.0400. The highest BCUT2D eigenvalue weighted by atomic mass is 16.3. The number of phenols is 1. The van der Waals surface area contributed by atoms with E-state index in [0.717, 1.165) is 16.7 Å². The van der Waals surface area contributed by atoms with Crippen LogP contribution in [0.4, 0.5) is 0 Å². The molecule has 0 amide bonds. The summed E-state index contributed by atoms with van der Waals surface area (Å²) in [6.45, 7) is 0. The molecule has 0 aromatic heterocycles. The van der Waals surface area contributed by atoms with Gasteiger partial charge in [-0.25, -0.2) is 0 Å². The van der Waals surface area contributed by atoms with Crippen molar-refractivity contribution in [3.8, 4) is 16.9 Å². The fourth-order valence-corrected chi connectivity index (χ4v) is 4.47. The van der Waals surface area contributed by atoms with Crippen molar-refractivity contribution in [2.24, 2.45) is 0 Å². The first-order valence-corrected chi connectivity index (χ1v) is 8.87. The van der Waals surface area contributed by atoms with Crippen LogP contribution in [0.3, 0.4) is 0 Å². The molecule has 0 heterocycles. The van der Waals surface area contributed by atoms with Crippen molar-refractivity contribution in [3.63, 3.8) is 0 Å². The highest BCUT2D eigenvalue weighted by Crippen LogP contribution is 2.57. The maximum atomic E-state index is 10.7. The Balaban J connectivity index is 2.00. The second-order valence-electron chi connectivity index (χ2n) is 6.73. The van der Waals surface area contributed by atoms with Crippen molar-refractivity contribution in [1.82, 2.24) is 0 Å². The van der Waals surface area contributed by atoms with E-state index >= 15 is 0 Å². The van der Waals surface area contributed by atoms with Gasteiger partial charge in [0.2, 0.25) is 0 Å². The molecule has 0 unspecified atom stereocenters. The molecule has 4 aromatic rings. The van der Waals surface area contributed by atoms with Crippen LogP contribution >= 0.6 is 0 Å². The van der Waals surface area contributed by atoms with Crippen molar-refractivity contribution in [2.75, 3.05) is 0 Å². The van der Waals surface area contributed by atoms with Gasteiger partial charge in [-0.05, 0) is 33.9 Å². The molecule has 1 N–H and O–H groups in total. The van der Waals surface area contributed by atoms with Gasteiger partial charge in [-0.3, -0.25) is 0 Å². The van der Waals surface area contributed by atoms with Crippen LogP contribution in [0.5, 0.6) is 5.75 Å². The summed E-state index contributed by atoms with van der Waals surface area (Å²) in [6, 6.07) is 35.5. The van der Waals surface area contributed by atoms with Gasteiger partial charge in [0.1, 0.15) is 5.75 Å². The molecule has 26 heavy (non-hydrogen) atoms. The Morgan fingerprint density at radius 3 is 1.69 bits per heavy atom. The number of fused-ring (bicyclic) bond motifs is 3. The van der Waals surface area contributed by atoms with E-state index in [0.29, 0.717) is 5.75 Å². The molecule has 4 aromatic carbocycles. The second-order valence-corrected chi connectivity index (χ2v) is 6.73. The summed E-state index contributed by atoms with van der Waals surface area (Å²) in [5.74, 6) is 0.337. The highest BCUT2D eigenvalue weighted by molar-refractivity contribution is 5.89. The topological polar surface area (TPSA) is 20.2 Å². The molecule has 1 nitrogen and oxygen atoms in total. The van der Waals surface area contributed by atoms with Crippen LogP contribution in [0.2, 0.25) is 0 Å². The maximum absolute atomic E-state index is 10.7. The fourth-order valence-electron chi connectivity index (χ4n) is 4.47. The van der Waals surface area contributed by atoms with Crippen LogP contribution in [-0.4, -0.2) is 5.11 Å². The van der Waals surface area contributed by atoms with E-state index in [4.69, 9.17) is 0 Å². The molecular formula is C25H18O. The number of benzene rings is 4. The van der Waals surface area contributed by atoms with Gasteiger partial charge in [-0.2, -0.15) is 0 Å². The molecule has 0 spiro atoms. The van der Waals surface area contributed by atoms with Crippen molar-refractivity contribution in [2.45, 2.75) is 5.41 Å². The summed E-state index contributed by atoms with van der Waals surface area (Å²) >= 11 is 0. The summed E-state index contributed by atoms with van der Waals surface area (Å²) in [4.78, 5) is 0. The Kier molecular flexibility index (Phi) is 3.23. The predicted octanol–water partition coefficient (Wildman–Crippen LogP) is 5.76. The Hall–Kier alpha value is -3.32. The van der Waals surface area contributed by atoms with Gasteiger partial charge >= 0.3 is 0 Å². The van der Waals surface area contributed by atoms with E-state index in [1.807, 2.05) is 24.3 Å². The monoisotopic (exact) mass is 334 g/mol. The third-order valence-corrected chi connectivity index (χ3v) is 5.46. The molecule has 124 valence electrons. The standard InChI is InChI=1S/C25H18O/c26-23-17-9-16-22-24(23)20-14-7-8-15-21(20)25(22,18-10-3-1-4-11-18)19-12-5-2-6-13-19/h1-17,26H. The van der Waals surface area contributed by atoms with Crippen molar-refractivity contribution in [3.05, 3.63) is 125 Å². The van der Waals surface area contributed by atoms with E-state index in [-0.39, 0.29) is 0 Å². The first-order valence-electron chi connectivity index (χ1n) is 8.87. The summed E-state index contributed by atoms with van der Waals surface area (Å²) in [5.41, 5.74) is 6.40. The van der Waals surface area contributed by atoms with E-state index in [2.05, 4.69) is 72.8 Å². The predicted molar refractivity (Wildman–Crippen MR) is 105 cm³/mol. The van der Waals surface area contributed by atoms with Crippen LogP contribution in [0.15, 0.2) is 103 Å². The van der Waals surface area contributed by atoms with Gasteiger partial charge < -0.3 is 5.11 Å². The number of phenolic OH excluding ortho intramolecular Hbond substituents is 1. The van der Waals surface area contributed by atoms with Gasteiger partial charge in [0.05, 0.1) is 5.41 Å². The van der Waals surface area contributed by atoms with E-state index < -0.39 is 5.41 Å². The Morgan fingerprint density at radius 2 is 1.04 bits per heavy atom. The van der Waals surface area contributed by atoms with Crippen LogP contribution in [0.1, 0.15) is 22.3 Å². The lowest BCUT2D eigenvalue weighted by Gasteiger charge is -2.33. The third kappa shape index (κ3) is 1.86. The summed E-state index contributed by atoms with van der Waals surface area (Å²) in [5, 5.41) is 10.7. The summed E-state index contributed by atoms with van der Waals surface area (Å²) in [6.07, 6.45) is 0. The highest BCUT2D eigenvalue weighted by Gasteiger charge is 2.46. The zero-order chi connectivity index (χ0) is 17.6. The smallest absolute Gasteiger partial charge is 0.123 e. The van der Waals surface area contributed by atoms with E-state index in [1.54, 1.807) is 6.07 Å². The minimum Gasteiger partial charge on any atom is -0.507 e. The van der Waals surface area contributed by atoms with Crippen molar-refractivity contribution >= 4 is 0 Å². The average molecular weight is 334 g/mol. The summed E-state index contributed by atoms with van der Waals surface area (Å²) in [7, 11) is 0. The first-order chi connectivity index (χ1) is 12.8. The Labute approximate surface area is 153 Å². The quantitative estimate of drug-likeness (QED) is 0.435. The minimum atomic E-state index is -0.423. The lowest BCUT2D eigenvalue weighted by molar-refractivity contribution is 0.477. The van der Waals surface area contributed by atoms with Crippen LogP contribution in [0.25, 0.3) is 11.1 Å². The molecule has 0 saturated heterocycles. The van der Waals surface area contributed by atoms with Crippen molar-refractivity contribution < 1.29 is 5.11 Å². The van der Waals surface area contributed by atoms with Gasteiger partial charge in [-0.15, -0.1) is 0 Å². The second kappa shape index (κ2) is 5.60. The van der Waals surface area contributed by atoms with Crippen LogP contribution in [-0.2, 0) is 5.41 Å². The lowest BCUT2D eigenvalue weighted by Crippen LogP contribution is -2.28. The van der Waals surface area contributed by atoms with Crippen LogP contribution < -0.4 is 0 Å². The Morgan fingerprint density at radius 1 is 0.500 bits per heavy atom. The molecule has 0 atom stereocenters. The number of rotatable bonds is 2. The maximum Gasteiger partial charge on any atom is 0.123 e. The molecule has 0 bridgehead atoms. The molecule has 1 aliphatic carbocycles. The SMILES string of the molecule is Oc1cccc2c1-c1ccccc1C2(c1ccccc1)c1ccccc1. The van der Waals surface area contributed by atoms with Crippen LogP contribution in [0, 0.1) is 0 Å². The van der Waals surface area contributed by atoms with Gasteiger partial charge in [0.15, 0.2) is 0 Å². The summed E-state index contributed by atoms with van der Waals surface area (Å²) < 4.78 is 0. The van der Waals surface area contributed by atoms with Gasteiger partial charge in [0.25, 0.3) is 0 Å². The molecule has 1 heteroatoms. The third-order valence-electron chi connectivity index (χ3n) is 5.46. The lowest BCUT2D eigenvalue weighted by atomic mass is 9.68. The Bertz CT molecular complexity index is 1040. The normalized spacial score (nSPS) is 13.8. The molecule has 0 aliphatic heterocycles. The van der Waals surface area contributed by atoms with Gasteiger partial charge in [0, 0.05) is 5.56 Å². The minimum absolute atomic E-state index is 0.337. The van der Waals surface area contributed by atoms with E-state index in [1.165, 1.54) is 16.7 Å². The first kappa shape index (κ1) is 15.0. The van der Waals surface area contributed by atoms with Crippen molar-refractivity contribution in [1.29, 1.82) is 0 Å². The molecule has 0 radical (unpaired) electrons. The molecule has 5 rings (SSSR count).